The van der Waals surface area contributed by atoms with Crippen LogP contribution in [0.4, 0.5) is 5.69 Å². The Labute approximate surface area is 116 Å². The van der Waals surface area contributed by atoms with Crippen LogP contribution in [0.2, 0.25) is 0 Å². The topological polar surface area (TPSA) is 79.0 Å². The summed E-state index contributed by atoms with van der Waals surface area (Å²) in [5, 5.41) is 14.1. The normalized spacial score (nSPS) is 22.2. The second-order valence-corrected chi connectivity index (χ2v) is 4.97. The summed E-state index contributed by atoms with van der Waals surface area (Å²) >= 11 is 0. The molecule has 2 unspecified atom stereocenters. The quantitative estimate of drug-likeness (QED) is 0.781. The van der Waals surface area contributed by atoms with Crippen LogP contribution in [0.15, 0.2) is 24.4 Å². The third-order valence-electron chi connectivity index (χ3n) is 3.59. The highest BCUT2D eigenvalue weighted by molar-refractivity contribution is 5.95. The van der Waals surface area contributed by atoms with Crippen LogP contribution in [0, 0.1) is 5.92 Å². The van der Waals surface area contributed by atoms with Gasteiger partial charge in [0.05, 0.1) is 30.8 Å². The minimum atomic E-state index is -0.144. The van der Waals surface area contributed by atoms with Crippen LogP contribution in [-0.2, 0) is 9.53 Å². The summed E-state index contributed by atoms with van der Waals surface area (Å²) < 4.78 is 5.40. The van der Waals surface area contributed by atoms with Crippen LogP contribution in [0.25, 0.3) is 10.9 Å². The molecular weight excluding hydrogens is 256 g/mol. The van der Waals surface area contributed by atoms with Gasteiger partial charge in [-0.05, 0) is 24.7 Å². The Morgan fingerprint density at radius 2 is 2.40 bits per heavy atom. The molecule has 2 atom stereocenters. The lowest BCUT2D eigenvalue weighted by Crippen LogP contribution is -2.41. The number of nitrogens with zero attached hydrogens (tertiary/aromatic N) is 1. The van der Waals surface area contributed by atoms with Gasteiger partial charge >= 0.3 is 0 Å². The highest BCUT2D eigenvalue weighted by atomic mass is 16.5. The molecule has 0 radical (unpaired) electrons. The molecule has 2 aromatic rings. The smallest absolute Gasteiger partial charge is 0.231 e. The van der Waals surface area contributed by atoms with Crippen LogP contribution < -0.4 is 10.6 Å². The summed E-state index contributed by atoms with van der Waals surface area (Å²) in [6, 6.07) is 5.79. The van der Waals surface area contributed by atoms with E-state index in [2.05, 4.69) is 20.8 Å². The van der Waals surface area contributed by atoms with Crippen molar-refractivity contribution in [1.82, 2.24) is 15.5 Å². The van der Waals surface area contributed by atoms with Gasteiger partial charge in [-0.2, -0.15) is 5.10 Å². The number of carbonyl (C=O) groups is 1. The fourth-order valence-corrected chi connectivity index (χ4v) is 2.53. The molecule has 6 heteroatoms. The third kappa shape index (κ3) is 2.52. The molecule has 0 aliphatic carbocycles. The number of H-pyrrole nitrogens is 1. The number of ether oxygens (including phenoxy) is 1. The van der Waals surface area contributed by atoms with Crippen molar-refractivity contribution in [2.45, 2.75) is 13.0 Å². The van der Waals surface area contributed by atoms with E-state index >= 15 is 0 Å². The van der Waals surface area contributed by atoms with Crippen molar-refractivity contribution in [3.8, 4) is 0 Å². The van der Waals surface area contributed by atoms with Crippen molar-refractivity contribution in [3.05, 3.63) is 24.4 Å². The Morgan fingerprint density at radius 1 is 1.50 bits per heavy atom. The fraction of sp³-hybridized carbons (Fsp3) is 0.429. The number of aromatic nitrogens is 2. The average molecular weight is 274 g/mol. The Hall–Kier alpha value is -1.92. The van der Waals surface area contributed by atoms with E-state index in [1.54, 1.807) is 6.20 Å². The Kier molecular flexibility index (Phi) is 3.66. The molecule has 106 valence electrons. The molecule has 1 aromatic carbocycles. The molecule has 0 bridgehead atoms. The largest absolute Gasteiger partial charge is 0.379 e. The molecule has 20 heavy (non-hydrogen) atoms. The molecule has 3 rings (SSSR count). The molecular formula is C14H18N4O2. The molecule has 1 amide bonds. The number of hydrogen-bond acceptors (Lipinski definition) is 4. The van der Waals surface area contributed by atoms with Crippen molar-refractivity contribution in [1.29, 1.82) is 0 Å². The summed E-state index contributed by atoms with van der Waals surface area (Å²) in [4.78, 5) is 12.3. The molecule has 1 aromatic heterocycles. The first-order valence-corrected chi connectivity index (χ1v) is 6.83. The Balaban J connectivity index is 1.71. The second kappa shape index (κ2) is 5.60. The predicted octanol–water partition coefficient (Wildman–Crippen LogP) is 1.13. The summed E-state index contributed by atoms with van der Waals surface area (Å²) in [6.45, 7) is 3.92. The van der Waals surface area contributed by atoms with Crippen molar-refractivity contribution in [3.63, 3.8) is 0 Å². The number of hydrogen-bond donors (Lipinski definition) is 3. The zero-order valence-electron chi connectivity index (χ0n) is 11.3. The molecule has 1 aliphatic rings. The zero-order valence-corrected chi connectivity index (χ0v) is 11.3. The molecule has 3 N–H and O–H groups in total. The van der Waals surface area contributed by atoms with Gasteiger partial charge in [0, 0.05) is 17.1 Å². The van der Waals surface area contributed by atoms with Gasteiger partial charge in [-0.3, -0.25) is 9.89 Å². The van der Waals surface area contributed by atoms with Gasteiger partial charge in [-0.25, -0.2) is 0 Å². The lowest BCUT2D eigenvalue weighted by Gasteiger charge is -2.17. The van der Waals surface area contributed by atoms with Gasteiger partial charge in [0.25, 0.3) is 0 Å². The molecule has 0 spiro atoms. The van der Waals surface area contributed by atoms with Crippen LogP contribution in [0.1, 0.15) is 6.92 Å². The first kappa shape index (κ1) is 13.1. The number of nitrogens with one attached hydrogen (secondary N) is 3. The lowest BCUT2D eigenvalue weighted by molar-refractivity contribution is -0.120. The highest BCUT2D eigenvalue weighted by Gasteiger charge is 2.33. The summed E-state index contributed by atoms with van der Waals surface area (Å²) in [6.07, 6.45) is 1.74. The lowest BCUT2D eigenvalue weighted by atomic mass is 10.0. The van der Waals surface area contributed by atoms with Crippen molar-refractivity contribution in [2.24, 2.45) is 5.92 Å². The molecule has 6 nitrogen and oxygen atoms in total. The van der Waals surface area contributed by atoms with Crippen molar-refractivity contribution < 1.29 is 9.53 Å². The van der Waals surface area contributed by atoms with E-state index in [4.69, 9.17) is 4.74 Å². The first-order valence-electron chi connectivity index (χ1n) is 6.83. The van der Waals surface area contributed by atoms with Crippen LogP contribution in [0.5, 0.6) is 0 Å². The van der Waals surface area contributed by atoms with Gasteiger partial charge in [0.1, 0.15) is 0 Å². The number of anilines is 1. The van der Waals surface area contributed by atoms with Gasteiger partial charge in [-0.1, -0.05) is 6.92 Å². The number of carbonyl (C=O) groups excluding carboxylic acids is 1. The van der Waals surface area contributed by atoms with Gasteiger partial charge in [0.2, 0.25) is 5.91 Å². The number of benzene rings is 1. The summed E-state index contributed by atoms with van der Waals surface area (Å²) in [7, 11) is 0. The van der Waals surface area contributed by atoms with E-state index in [0.29, 0.717) is 13.2 Å². The van der Waals surface area contributed by atoms with E-state index in [-0.39, 0.29) is 17.9 Å². The van der Waals surface area contributed by atoms with E-state index in [9.17, 15) is 4.79 Å². The molecule has 0 saturated carbocycles. The number of rotatable bonds is 4. The van der Waals surface area contributed by atoms with Gasteiger partial charge < -0.3 is 15.4 Å². The first-order chi connectivity index (χ1) is 9.78. The molecule has 1 saturated heterocycles. The van der Waals surface area contributed by atoms with E-state index in [1.807, 2.05) is 25.1 Å². The maximum atomic E-state index is 12.3. The molecule has 2 heterocycles. The Morgan fingerprint density at radius 3 is 3.25 bits per heavy atom. The fourth-order valence-electron chi connectivity index (χ4n) is 2.53. The minimum Gasteiger partial charge on any atom is -0.379 e. The monoisotopic (exact) mass is 274 g/mol. The maximum Gasteiger partial charge on any atom is 0.231 e. The van der Waals surface area contributed by atoms with Crippen LogP contribution in [-0.4, -0.2) is 41.9 Å². The number of fused-ring (bicyclic) bond motifs is 1. The van der Waals surface area contributed by atoms with E-state index in [0.717, 1.165) is 23.1 Å². The van der Waals surface area contributed by atoms with Gasteiger partial charge in [-0.15, -0.1) is 0 Å². The van der Waals surface area contributed by atoms with Crippen molar-refractivity contribution in [2.75, 3.05) is 25.1 Å². The number of likely N-dealkylation sites (N-methyl/N-ethyl adjacent to an activating group) is 1. The van der Waals surface area contributed by atoms with Crippen molar-refractivity contribution >= 4 is 22.5 Å². The maximum absolute atomic E-state index is 12.3. The second-order valence-electron chi connectivity index (χ2n) is 4.97. The summed E-state index contributed by atoms with van der Waals surface area (Å²) in [5.41, 5.74) is 1.74. The zero-order chi connectivity index (χ0) is 13.9. The average Bonchev–Trinajstić information content (AvgIpc) is 3.07. The third-order valence-corrected chi connectivity index (χ3v) is 3.59. The van der Waals surface area contributed by atoms with Crippen LogP contribution in [0.3, 0.4) is 0 Å². The Bertz CT molecular complexity index is 610. The van der Waals surface area contributed by atoms with Gasteiger partial charge in [0.15, 0.2) is 0 Å². The number of amides is 1. The molecule has 1 aliphatic heterocycles. The van der Waals surface area contributed by atoms with E-state index < -0.39 is 0 Å². The number of aromatic amines is 1. The minimum absolute atomic E-state index is 0.00343. The van der Waals surface area contributed by atoms with E-state index in [1.165, 1.54) is 0 Å². The summed E-state index contributed by atoms with van der Waals surface area (Å²) in [5.74, 6) is -0.147. The standard InChI is InChI=1S/C14H18N4O2/c1-2-15-13-8-20-7-11(13)14(19)17-10-3-4-12-9(5-10)6-16-18-12/h3-6,11,13,15H,2,7-8H2,1H3,(H,16,18)(H,17,19). The van der Waals surface area contributed by atoms with Crippen LogP contribution >= 0.6 is 0 Å². The molecule has 1 fully saturated rings. The predicted molar refractivity (Wildman–Crippen MR) is 76.5 cm³/mol. The SMILES string of the molecule is CCNC1COCC1C(=O)Nc1ccc2[nH]ncc2c1. The highest BCUT2D eigenvalue weighted by Crippen LogP contribution is 2.20.